The van der Waals surface area contributed by atoms with Crippen molar-refractivity contribution in [3.63, 3.8) is 0 Å². The van der Waals surface area contributed by atoms with Crippen molar-refractivity contribution < 1.29 is 9.23 Å². The Kier molecular flexibility index (Phi) is 3.39. The molecule has 0 heterocycles. The number of halogens is 1. The molecule has 1 rings (SSSR count). The monoisotopic (exact) mass is 183 g/mol. The molecule has 2 N–H and O–H groups in total. The molecule has 0 saturated carbocycles. The van der Waals surface area contributed by atoms with E-state index in [1.54, 1.807) is 13.0 Å². The third-order valence-electron chi connectivity index (χ3n) is 2.19. The molecule has 13 heavy (non-hydrogen) atoms. The normalized spacial score (nSPS) is 12.9. The summed E-state index contributed by atoms with van der Waals surface area (Å²) in [6.45, 7) is 4.12. The minimum Gasteiger partial charge on any atom is -0.304 e. The van der Waals surface area contributed by atoms with Crippen molar-refractivity contribution in [1.29, 1.82) is 0 Å². The topological polar surface area (TPSA) is 35.2 Å². The van der Waals surface area contributed by atoms with Crippen molar-refractivity contribution in [2.75, 3.05) is 6.61 Å². The molecule has 0 fully saturated rings. The molecule has 1 unspecified atom stereocenters. The first-order chi connectivity index (χ1) is 6.16. The van der Waals surface area contributed by atoms with Crippen LogP contribution in [0, 0.1) is 12.7 Å². The van der Waals surface area contributed by atoms with Gasteiger partial charge in [-0.2, -0.15) is 0 Å². The van der Waals surface area contributed by atoms with Gasteiger partial charge in [-0.25, -0.2) is 10.3 Å². The van der Waals surface area contributed by atoms with E-state index in [2.05, 4.69) is 4.84 Å². The van der Waals surface area contributed by atoms with Gasteiger partial charge in [-0.3, -0.25) is 0 Å². The van der Waals surface area contributed by atoms with Gasteiger partial charge in [0.15, 0.2) is 0 Å². The Morgan fingerprint density at radius 1 is 1.54 bits per heavy atom. The van der Waals surface area contributed by atoms with Gasteiger partial charge in [-0.05, 0) is 24.1 Å². The quantitative estimate of drug-likeness (QED) is 0.728. The number of benzene rings is 1. The maximum atomic E-state index is 13.1. The predicted molar refractivity (Wildman–Crippen MR) is 49.7 cm³/mol. The molecule has 0 aromatic heterocycles. The van der Waals surface area contributed by atoms with Crippen LogP contribution < -0.4 is 5.90 Å². The van der Waals surface area contributed by atoms with E-state index in [9.17, 15) is 4.39 Å². The number of nitrogens with two attached hydrogens (primary N) is 1. The van der Waals surface area contributed by atoms with Crippen molar-refractivity contribution in [3.8, 4) is 0 Å². The Balaban J connectivity index is 2.93. The van der Waals surface area contributed by atoms with Crippen LogP contribution in [-0.2, 0) is 4.84 Å². The highest BCUT2D eigenvalue weighted by Gasteiger charge is 2.10. The fourth-order valence-corrected chi connectivity index (χ4v) is 1.39. The van der Waals surface area contributed by atoms with E-state index in [1.807, 2.05) is 13.0 Å². The lowest BCUT2D eigenvalue weighted by Crippen LogP contribution is -2.10. The molecule has 0 aliphatic heterocycles. The summed E-state index contributed by atoms with van der Waals surface area (Å²) in [6.07, 6.45) is 0. The second-order valence-electron chi connectivity index (χ2n) is 3.19. The standard InChI is InChI=1S/C10H14FNO/c1-7(6-13-12)9-4-3-5-10(11)8(9)2/h3-5,7H,6,12H2,1-2H3. The first kappa shape index (κ1) is 10.2. The molecule has 1 aromatic rings. The van der Waals surface area contributed by atoms with E-state index in [0.29, 0.717) is 12.2 Å². The molecule has 1 aromatic carbocycles. The van der Waals surface area contributed by atoms with Crippen molar-refractivity contribution >= 4 is 0 Å². The lowest BCUT2D eigenvalue weighted by molar-refractivity contribution is 0.126. The van der Waals surface area contributed by atoms with Gasteiger partial charge in [0.25, 0.3) is 0 Å². The predicted octanol–water partition coefficient (Wildman–Crippen LogP) is 2.13. The number of hydrogen-bond donors (Lipinski definition) is 1. The zero-order valence-electron chi connectivity index (χ0n) is 7.88. The Bertz CT molecular complexity index is 288. The van der Waals surface area contributed by atoms with Crippen molar-refractivity contribution in [1.82, 2.24) is 0 Å². The van der Waals surface area contributed by atoms with Crippen LogP contribution in [-0.4, -0.2) is 6.61 Å². The van der Waals surface area contributed by atoms with Crippen molar-refractivity contribution in [2.45, 2.75) is 19.8 Å². The summed E-state index contributed by atoms with van der Waals surface area (Å²) in [6, 6.07) is 5.04. The zero-order chi connectivity index (χ0) is 9.84. The van der Waals surface area contributed by atoms with E-state index >= 15 is 0 Å². The third kappa shape index (κ3) is 2.26. The summed E-state index contributed by atoms with van der Waals surface area (Å²) >= 11 is 0. The largest absolute Gasteiger partial charge is 0.304 e. The van der Waals surface area contributed by atoms with Crippen LogP contribution in [0.5, 0.6) is 0 Å². The van der Waals surface area contributed by atoms with Crippen LogP contribution >= 0.6 is 0 Å². The van der Waals surface area contributed by atoms with Gasteiger partial charge in [-0.1, -0.05) is 19.1 Å². The van der Waals surface area contributed by atoms with Crippen LogP contribution in [0.2, 0.25) is 0 Å². The lowest BCUT2D eigenvalue weighted by atomic mass is 9.97. The molecule has 72 valence electrons. The molecule has 0 amide bonds. The molecule has 3 heteroatoms. The van der Waals surface area contributed by atoms with E-state index in [1.165, 1.54) is 6.07 Å². The van der Waals surface area contributed by atoms with Gasteiger partial charge in [0, 0.05) is 5.92 Å². The van der Waals surface area contributed by atoms with Gasteiger partial charge >= 0.3 is 0 Å². The first-order valence-corrected chi connectivity index (χ1v) is 4.23. The van der Waals surface area contributed by atoms with E-state index < -0.39 is 0 Å². The molecule has 0 aliphatic carbocycles. The first-order valence-electron chi connectivity index (χ1n) is 4.23. The third-order valence-corrected chi connectivity index (χ3v) is 2.19. The van der Waals surface area contributed by atoms with E-state index in [0.717, 1.165) is 5.56 Å². The highest BCUT2D eigenvalue weighted by atomic mass is 19.1. The molecule has 0 saturated heterocycles. The average molecular weight is 183 g/mol. The second kappa shape index (κ2) is 4.35. The van der Waals surface area contributed by atoms with E-state index in [4.69, 9.17) is 5.90 Å². The Morgan fingerprint density at radius 2 is 2.23 bits per heavy atom. The fraction of sp³-hybridized carbons (Fsp3) is 0.400. The van der Waals surface area contributed by atoms with Crippen molar-refractivity contribution in [2.24, 2.45) is 5.90 Å². The van der Waals surface area contributed by atoms with Crippen LogP contribution in [0.3, 0.4) is 0 Å². The van der Waals surface area contributed by atoms with E-state index in [-0.39, 0.29) is 11.7 Å². The van der Waals surface area contributed by atoms with Crippen LogP contribution in [0.15, 0.2) is 18.2 Å². The maximum Gasteiger partial charge on any atom is 0.126 e. The van der Waals surface area contributed by atoms with Crippen LogP contribution in [0.25, 0.3) is 0 Å². The highest BCUT2D eigenvalue weighted by Crippen LogP contribution is 2.21. The second-order valence-corrected chi connectivity index (χ2v) is 3.19. The molecular formula is C10H14FNO. The molecular weight excluding hydrogens is 169 g/mol. The molecule has 0 radical (unpaired) electrons. The Morgan fingerprint density at radius 3 is 2.85 bits per heavy atom. The lowest BCUT2D eigenvalue weighted by Gasteiger charge is -2.13. The fourth-order valence-electron chi connectivity index (χ4n) is 1.39. The van der Waals surface area contributed by atoms with Gasteiger partial charge in [0.05, 0.1) is 6.61 Å². The van der Waals surface area contributed by atoms with Gasteiger partial charge < -0.3 is 4.84 Å². The number of hydrogen-bond acceptors (Lipinski definition) is 2. The smallest absolute Gasteiger partial charge is 0.126 e. The Labute approximate surface area is 77.5 Å². The van der Waals surface area contributed by atoms with Crippen LogP contribution in [0.1, 0.15) is 24.0 Å². The summed E-state index contributed by atoms with van der Waals surface area (Å²) in [5.74, 6) is 4.91. The summed E-state index contributed by atoms with van der Waals surface area (Å²) in [5, 5.41) is 0. The van der Waals surface area contributed by atoms with Crippen LogP contribution in [0.4, 0.5) is 4.39 Å². The zero-order valence-corrected chi connectivity index (χ0v) is 7.88. The minimum absolute atomic E-state index is 0.126. The minimum atomic E-state index is -0.179. The van der Waals surface area contributed by atoms with Gasteiger partial charge in [0.2, 0.25) is 0 Å². The summed E-state index contributed by atoms with van der Waals surface area (Å²) in [5.41, 5.74) is 1.62. The van der Waals surface area contributed by atoms with Crippen molar-refractivity contribution in [3.05, 3.63) is 35.1 Å². The highest BCUT2D eigenvalue weighted by molar-refractivity contribution is 5.30. The average Bonchev–Trinajstić information content (AvgIpc) is 2.10. The summed E-state index contributed by atoms with van der Waals surface area (Å²) in [7, 11) is 0. The molecule has 0 spiro atoms. The molecule has 2 nitrogen and oxygen atoms in total. The maximum absolute atomic E-state index is 13.1. The molecule has 0 aliphatic rings. The Hall–Kier alpha value is -0.930. The SMILES string of the molecule is Cc1c(F)cccc1C(C)CON. The molecule has 0 bridgehead atoms. The molecule has 1 atom stereocenters. The van der Waals surface area contributed by atoms with Gasteiger partial charge in [0.1, 0.15) is 5.82 Å². The summed E-state index contributed by atoms with van der Waals surface area (Å²) < 4.78 is 13.1. The van der Waals surface area contributed by atoms with Gasteiger partial charge in [-0.15, -0.1) is 0 Å². The number of rotatable bonds is 3. The summed E-state index contributed by atoms with van der Waals surface area (Å²) in [4.78, 5) is 4.53.